The van der Waals surface area contributed by atoms with E-state index in [4.69, 9.17) is 9.47 Å². The summed E-state index contributed by atoms with van der Waals surface area (Å²) in [5.74, 6) is 1.58. The van der Waals surface area contributed by atoms with Crippen LogP contribution in [0.1, 0.15) is 66.3 Å². The Hall–Kier alpha value is -3.19. The summed E-state index contributed by atoms with van der Waals surface area (Å²) in [5, 5.41) is 0. The van der Waals surface area contributed by atoms with Crippen molar-refractivity contribution in [1.29, 1.82) is 0 Å². The van der Waals surface area contributed by atoms with Crippen LogP contribution in [-0.4, -0.2) is 39.1 Å². The van der Waals surface area contributed by atoms with Crippen LogP contribution in [0, 0.1) is 17.7 Å². The number of benzene rings is 3. The fraction of sp³-hybridized carbons (Fsp3) is 0.457. The first kappa shape index (κ1) is 28.9. The van der Waals surface area contributed by atoms with Gasteiger partial charge < -0.3 is 9.47 Å². The summed E-state index contributed by atoms with van der Waals surface area (Å²) < 4.78 is 50.0. The standard InChI is InChI=1S/C35H39FO5S/c1-2-40-35(37)33-21-32(33)25-9-6-23(7-10-25)8-11-28-19-31-27(20-34(28)36)5-3-4-26-18-29(12-13-30(26)31)41-22-24-14-16-42(38,39)17-15-24/h6-7,9-10,12-13,18-20,24,32-33H,2-5,8,11,14-17,21-22H2,1H3/t32?,33-/m0/s1. The number of sulfone groups is 1. The van der Waals surface area contributed by atoms with Crippen molar-refractivity contribution in [3.05, 3.63) is 88.2 Å². The van der Waals surface area contributed by atoms with Gasteiger partial charge in [-0.3, -0.25) is 4.79 Å². The fourth-order valence-electron chi connectivity index (χ4n) is 6.51. The van der Waals surface area contributed by atoms with E-state index in [9.17, 15) is 13.2 Å². The normalized spacial score (nSPS) is 21.1. The Bertz CT molecular complexity index is 1550. The first-order valence-electron chi connectivity index (χ1n) is 15.3. The number of fused-ring (bicyclic) bond motifs is 3. The summed E-state index contributed by atoms with van der Waals surface area (Å²) in [6.45, 7) is 2.78. The third-order valence-corrected chi connectivity index (χ3v) is 10.9. The zero-order valence-electron chi connectivity index (χ0n) is 24.2. The molecule has 0 radical (unpaired) electrons. The quantitative estimate of drug-likeness (QED) is 0.262. The van der Waals surface area contributed by atoms with Crippen LogP contribution in [0.5, 0.6) is 5.75 Å². The maximum Gasteiger partial charge on any atom is 0.309 e. The molecule has 7 heteroatoms. The molecule has 2 aliphatic carbocycles. The molecule has 5 nitrogen and oxygen atoms in total. The molecule has 1 aliphatic heterocycles. The average Bonchev–Trinajstić information content (AvgIpc) is 3.80. The summed E-state index contributed by atoms with van der Waals surface area (Å²) in [6, 6.07) is 18.4. The largest absolute Gasteiger partial charge is 0.493 e. The van der Waals surface area contributed by atoms with Crippen LogP contribution < -0.4 is 4.74 Å². The van der Waals surface area contributed by atoms with E-state index in [1.165, 1.54) is 11.1 Å². The number of hydrogen-bond acceptors (Lipinski definition) is 5. The lowest BCUT2D eigenvalue weighted by Gasteiger charge is -2.22. The van der Waals surface area contributed by atoms with Gasteiger partial charge >= 0.3 is 5.97 Å². The highest BCUT2D eigenvalue weighted by molar-refractivity contribution is 7.91. The molecule has 1 heterocycles. The Morgan fingerprint density at radius 3 is 2.40 bits per heavy atom. The highest BCUT2D eigenvalue weighted by atomic mass is 32.2. The van der Waals surface area contributed by atoms with Gasteiger partial charge in [-0.2, -0.15) is 0 Å². The maximum atomic E-state index is 15.2. The van der Waals surface area contributed by atoms with Gasteiger partial charge in [0.2, 0.25) is 0 Å². The molecule has 3 aromatic rings. The predicted octanol–water partition coefficient (Wildman–Crippen LogP) is 6.64. The number of esters is 1. The molecule has 1 saturated heterocycles. The van der Waals surface area contributed by atoms with Crippen LogP contribution in [0.25, 0.3) is 11.1 Å². The average molecular weight is 591 g/mol. The minimum Gasteiger partial charge on any atom is -0.493 e. The second-order valence-corrected chi connectivity index (χ2v) is 14.4. The molecule has 1 saturated carbocycles. The van der Waals surface area contributed by atoms with E-state index in [1.807, 2.05) is 19.1 Å². The third-order valence-electron chi connectivity index (χ3n) is 9.16. The molecular weight excluding hydrogens is 551 g/mol. The molecule has 0 N–H and O–H groups in total. The van der Waals surface area contributed by atoms with Crippen LogP contribution >= 0.6 is 0 Å². The van der Waals surface area contributed by atoms with Crippen molar-refractivity contribution in [2.75, 3.05) is 24.7 Å². The maximum absolute atomic E-state index is 15.2. The van der Waals surface area contributed by atoms with Crippen LogP contribution in [0.2, 0.25) is 0 Å². The second-order valence-electron chi connectivity index (χ2n) is 12.1. The zero-order valence-corrected chi connectivity index (χ0v) is 25.1. The number of carbonyl (C=O) groups excluding carboxylic acids is 1. The molecule has 3 aromatic carbocycles. The fourth-order valence-corrected chi connectivity index (χ4v) is 8.10. The summed E-state index contributed by atoms with van der Waals surface area (Å²) in [6.07, 6.45) is 6.22. The summed E-state index contributed by atoms with van der Waals surface area (Å²) >= 11 is 0. The van der Waals surface area contributed by atoms with Gasteiger partial charge in [0.15, 0.2) is 0 Å². The molecule has 0 bridgehead atoms. The minimum atomic E-state index is -2.88. The highest BCUT2D eigenvalue weighted by Crippen LogP contribution is 2.48. The number of carbonyl (C=O) groups is 1. The number of halogens is 1. The number of aryl methyl sites for hydroxylation is 4. The Labute approximate surface area is 248 Å². The third kappa shape index (κ3) is 6.56. The van der Waals surface area contributed by atoms with E-state index in [1.54, 1.807) is 6.07 Å². The Morgan fingerprint density at radius 1 is 0.929 bits per heavy atom. The van der Waals surface area contributed by atoms with E-state index in [0.29, 0.717) is 32.5 Å². The van der Waals surface area contributed by atoms with Crippen LogP contribution in [0.3, 0.4) is 0 Å². The molecular formula is C35H39FO5S. The highest BCUT2D eigenvalue weighted by Gasteiger charge is 2.45. The number of rotatable bonds is 9. The van der Waals surface area contributed by atoms with Crippen molar-refractivity contribution in [2.45, 2.75) is 64.2 Å². The lowest BCUT2D eigenvalue weighted by atomic mass is 9.92. The van der Waals surface area contributed by atoms with E-state index < -0.39 is 9.84 Å². The Morgan fingerprint density at radius 2 is 1.67 bits per heavy atom. The topological polar surface area (TPSA) is 69.7 Å². The SMILES string of the molecule is CCOC(=O)[C@H]1CC1c1ccc(CCc2cc3c(cc2F)CCCc2cc(OCC4CCS(=O)(=O)CC4)ccc2-3)cc1. The zero-order chi connectivity index (χ0) is 29.3. The van der Waals surface area contributed by atoms with Crippen molar-refractivity contribution in [3.8, 4) is 16.9 Å². The van der Waals surface area contributed by atoms with Crippen molar-refractivity contribution >= 4 is 15.8 Å². The molecule has 1 unspecified atom stereocenters. The van der Waals surface area contributed by atoms with Crippen LogP contribution in [-0.2, 0) is 45.1 Å². The van der Waals surface area contributed by atoms with Crippen molar-refractivity contribution < 1.29 is 27.1 Å². The molecule has 0 amide bonds. The van der Waals surface area contributed by atoms with Crippen molar-refractivity contribution in [3.63, 3.8) is 0 Å². The predicted molar refractivity (Wildman–Crippen MR) is 162 cm³/mol. The van der Waals surface area contributed by atoms with E-state index in [-0.39, 0.29) is 41.0 Å². The van der Waals surface area contributed by atoms with Gasteiger partial charge in [0.25, 0.3) is 0 Å². The lowest BCUT2D eigenvalue weighted by molar-refractivity contribution is -0.144. The number of hydrogen-bond donors (Lipinski definition) is 0. The summed E-state index contributed by atoms with van der Waals surface area (Å²) in [4.78, 5) is 12.0. The van der Waals surface area contributed by atoms with E-state index >= 15 is 4.39 Å². The molecule has 222 valence electrons. The minimum absolute atomic E-state index is 0.0204. The molecule has 2 atom stereocenters. The molecule has 42 heavy (non-hydrogen) atoms. The molecule has 3 aliphatic rings. The second kappa shape index (κ2) is 12.2. The first-order chi connectivity index (χ1) is 20.3. The first-order valence-corrected chi connectivity index (χ1v) is 17.1. The van der Waals surface area contributed by atoms with Gasteiger partial charge in [0.1, 0.15) is 21.4 Å². The van der Waals surface area contributed by atoms with Gasteiger partial charge in [-0.1, -0.05) is 30.3 Å². The van der Waals surface area contributed by atoms with Gasteiger partial charge in [-0.05, 0) is 133 Å². The van der Waals surface area contributed by atoms with Crippen molar-refractivity contribution in [2.24, 2.45) is 11.8 Å². The van der Waals surface area contributed by atoms with Gasteiger partial charge in [0.05, 0.1) is 30.6 Å². The molecule has 2 fully saturated rings. The smallest absolute Gasteiger partial charge is 0.309 e. The van der Waals surface area contributed by atoms with Crippen molar-refractivity contribution in [1.82, 2.24) is 0 Å². The van der Waals surface area contributed by atoms with E-state index in [2.05, 4.69) is 36.4 Å². The van der Waals surface area contributed by atoms with Gasteiger partial charge in [-0.25, -0.2) is 12.8 Å². The number of ether oxygens (including phenoxy) is 2. The van der Waals surface area contributed by atoms with Gasteiger partial charge in [-0.15, -0.1) is 0 Å². The van der Waals surface area contributed by atoms with E-state index in [0.717, 1.165) is 65.7 Å². The summed E-state index contributed by atoms with van der Waals surface area (Å²) in [5.41, 5.74) is 7.56. The monoisotopic (exact) mass is 590 g/mol. The molecule has 6 rings (SSSR count). The summed E-state index contributed by atoms with van der Waals surface area (Å²) in [7, 11) is -2.88. The molecule has 0 spiro atoms. The molecule has 0 aromatic heterocycles. The Kier molecular flexibility index (Phi) is 8.39. The van der Waals surface area contributed by atoms with Crippen LogP contribution in [0.15, 0.2) is 54.6 Å². The Balaban J connectivity index is 1.11. The van der Waals surface area contributed by atoms with Gasteiger partial charge in [0, 0.05) is 0 Å². The lowest BCUT2D eigenvalue weighted by Crippen LogP contribution is -2.26. The van der Waals surface area contributed by atoms with Crippen LogP contribution in [0.4, 0.5) is 4.39 Å².